The Morgan fingerprint density at radius 1 is 0.909 bits per heavy atom. The van der Waals surface area contributed by atoms with Crippen LogP contribution in [0.1, 0.15) is 0 Å². The average Bonchev–Trinajstić information content (AvgIpc) is 2.82. The van der Waals surface area contributed by atoms with Crippen molar-refractivity contribution in [3.05, 3.63) is 96.0 Å². The highest BCUT2D eigenvalue weighted by atomic mass is 35.5. The third kappa shape index (κ3) is 5.10. The number of carbonyl (C=O) groups excluding carboxylic acids is 1. The number of methoxy groups -OCH3 is 1. The topological polar surface area (TPSA) is 75.7 Å². The fourth-order valence-electron chi connectivity index (χ4n) is 3.42. The summed E-state index contributed by atoms with van der Waals surface area (Å²) in [5.74, 6) is 0.0413. The molecule has 168 valence electrons. The second-order valence-electron chi connectivity index (χ2n) is 7.28. The first-order valence-electron chi connectivity index (χ1n) is 10.1. The molecule has 0 aromatic heterocycles. The Hall–Kier alpha value is -3.55. The molecule has 0 aliphatic heterocycles. The van der Waals surface area contributed by atoms with Crippen molar-refractivity contribution in [3.8, 4) is 5.75 Å². The number of hydrogen-bond acceptors (Lipinski definition) is 4. The Bertz CT molecular complexity index is 1410. The molecule has 0 aliphatic carbocycles. The van der Waals surface area contributed by atoms with Crippen LogP contribution in [0, 0.1) is 0 Å². The van der Waals surface area contributed by atoms with E-state index in [4.69, 9.17) is 16.3 Å². The average molecular weight is 481 g/mol. The minimum absolute atomic E-state index is 0.0294. The molecule has 1 amide bonds. The largest absolute Gasteiger partial charge is 0.497 e. The van der Waals surface area contributed by atoms with Gasteiger partial charge in [0.25, 0.3) is 10.0 Å². The molecule has 0 atom stereocenters. The molecule has 1 N–H and O–H groups in total. The number of benzene rings is 4. The van der Waals surface area contributed by atoms with Crippen LogP contribution in [0.15, 0.2) is 95.9 Å². The molecule has 0 radical (unpaired) electrons. The second kappa shape index (κ2) is 9.52. The molecule has 0 saturated carbocycles. The van der Waals surface area contributed by atoms with E-state index in [1.54, 1.807) is 36.4 Å². The summed E-state index contributed by atoms with van der Waals surface area (Å²) in [4.78, 5) is 13.0. The van der Waals surface area contributed by atoms with Gasteiger partial charge < -0.3 is 10.1 Å². The van der Waals surface area contributed by atoms with E-state index in [-0.39, 0.29) is 10.6 Å². The first-order valence-corrected chi connectivity index (χ1v) is 11.9. The van der Waals surface area contributed by atoms with Crippen LogP contribution in [-0.4, -0.2) is 28.0 Å². The highest BCUT2D eigenvalue weighted by Gasteiger charge is 2.27. The number of halogens is 1. The predicted octanol–water partition coefficient (Wildman–Crippen LogP) is 5.34. The van der Waals surface area contributed by atoms with Gasteiger partial charge >= 0.3 is 0 Å². The van der Waals surface area contributed by atoms with Crippen molar-refractivity contribution < 1.29 is 17.9 Å². The van der Waals surface area contributed by atoms with Crippen molar-refractivity contribution in [2.24, 2.45) is 0 Å². The van der Waals surface area contributed by atoms with Gasteiger partial charge in [-0.25, -0.2) is 8.42 Å². The molecule has 6 nitrogen and oxygen atoms in total. The molecule has 0 spiro atoms. The monoisotopic (exact) mass is 480 g/mol. The molecule has 4 rings (SSSR count). The van der Waals surface area contributed by atoms with E-state index in [1.165, 1.54) is 25.3 Å². The zero-order chi connectivity index (χ0) is 23.4. The van der Waals surface area contributed by atoms with E-state index in [0.29, 0.717) is 16.5 Å². The molecular formula is C25H21ClN2O4S. The fourth-order valence-corrected chi connectivity index (χ4v) is 5.02. The van der Waals surface area contributed by atoms with Gasteiger partial charge in [-0.1, -0.05) is 48.0 Å². The van der Waals surface area contributed by atoms with Crippen molar-refractivity contribution in [1.82, 2.24) is 0 Å². The van der Waals surface area contributed by atoms with E-state index >= 15 is 0 Å². The lowest BCUT2D eigenvalue weighted by atomic mass is 10.1. The molecule has 0 fully saturated rings. The molecule has 0 heterocycles. The summed E-state index contributed by atoms with van der Waals surface area (Å²) in [5, 5.41) is 5.16. The molecular weight excluding hydrogens is 460 g/mol. The van der Waals surface area contributed by atoms with Gasteiger partial charge in [0.2, 0.25) is 5.91 Å². The van der Waals surface area contributed by atoms with Crippen LogP contribution in [0.2, 0.25) is 5.02 Å². The molecule has 8 heteroatoms. The number of ether oxygens (including phenoxy) is 1. The summed E-state index contributed by atoms with van der Waals surface area (Å²) in [6, 6.07) is 25.6. The maximum absolute atomic E-state index is 13.5. The zero-order valence-corrected chi connectivity index (χ0v) is 19.3. The third-order valence-electron chi connectivity index (χ3n) is 5.06. The first kappa shape index (κ1) is 22.6. The van der Waals surface area contributed by atoms with Crippen molar-refractivity contribution in [2.45, 2.75) is 4.90 Å². The molecule has 4 aromatic carbocycles. The van der Waals surface area contributed by atoms with E-state index < -0.39 is 22.5 Å². The molecule has 0 bridgehead atoms. The fraction of sp³-hybridized carbons (Fsp3) is 0.0800. The number of hydrogen-bond donors (Lipinski definition) is 1. The van der Waals surface area contributed by atoms with Crippen molar-refractivity contribution in [3.63, 3.8) is 0 Å². The van der Waals surface area contributed by atoms with Crippen molar-refractivity contribution >= 4 is 49.7 Å². The smallest absolute Gasteiger partial charge is 0.264 e. The third-order valence-corrected chi connectivity index (χ3v) is 7.09. The maximum Gasteiger partial charge on any atom is 0.264 e. The summed E-state index contributed by atoms with van der Waals surface area (Å²) in [6.07, 6.45) is 0. The highest BCUT2D eigenvalue weighted by Crippen LogP contribution is 2.27. The lowest BCUT2D eigenvalue weighted by molar-refractivity contribution is -0.114. The Balaban J connectivity index is 1.64. The Morgan fingerprint density at radius 3 is 2.33 bits per heavy atom. The second-order valence-corrected chi connectivity index (χ2v) is 9.58. The van der Waals surface area contributed by atoms with Crippen molar-refractivity contribution in [1.29, 1.82) is 0 Å². The van der Waals surface area contributed by atoms with E-state index in [2.05, 4.69) is 5.32 Å². The van der Waals surface area contributed by atoms with Gasteiger partial charge in [0.05, 0.1) is 17.7 Å². The summed E-state index contributed by atoms with van der Waals surface area (Å²) in [7, 11) is -2.56. The van der Waals surface area contributed by atoms with E-state index in [9.17, 15) is 13.2 Å². The number of anilines is 2. The van der Waals surface area contributed by atoms with Crippen LogP contribution in [0.3, 0.4) is 0 Å². The summed E-state index contributed by atoms with van der Waals surface area (Å²) < 4.78 is 33.1. The normalized spacial score (nSPS) is 11.2. The minimum Gasteiger partial charge on any atom is -0.497 e. The number of rotatable bonds is 7. The van der Waals surface area contributed by atoms with Crippen LogP contribution in [-0.2, 0) is 14.8 Å². The summed E-state index contributed by atoms with van der Waals surface area (Å²) in [6.45, 7) is -0.429. The molecule has 33 heavy (non-hydrogen) atoms. The highest BCUT2D eigenvalue weighted by molar-refractivity contribution is 7.92. The lowest BCUT2D eigenvalue weighted by Crippen LogP contribution is -2.38. The Labute approximate surface area is 197 Å². The van der Waals surface area contributed by atoms with Gasteiger partial charge in [0, 0.05) is 10.7 Å². The zero-order valence-electron chi connectivity index (χ0n) is 17.7. The SMILES string of the molecule is COc1ccc(S(=O)(=O)N(CC(=O)Nc2ccc3ccccc3c2)c2cccc(Cl)c2)cc1. The molecule has 0 saturated heterocycles. The van der Waals surface area contributed by atoms with Gasteiger partial charge in [0.15, 0.2) is 0 Å². The number of nitrogens with zero attached hydrogens (tertiary/aromatic N) is 1. The van der Waals surface area contributed by atoms with Crippen LogP contribution in [0.5, 0.6) is 5.75 Å². The predicted molar refractivity (Wildman–Crippen MR) is 132 cm³/mol. The number of fused-ring (bicyclic) bond motifs is 1. The van der Waals surface area contributed by atoms with E-state index in [1.807, 2.05) is 36.4 Å². The van der Waals surface area contributed by atoms with Crippen LogP contribution in [0.4, 0.5) is 11.4 Å². The summed E-state index contributed by atoms with van der Waals surface area (Å²) in [5.41, 5.74) is 0.860. The Morgan fingerprint density at radius 2 is 1.64 bits per heavy atom. The van der Waals surface area contributed by atoms with Gasteiger partial charge in [-0.3, -0.25) is 9.10 Å². The summed E-state index contributed by atoms with van der Waals surface area (Å²) >= 11 is 6.11. The minimum atomic E-state index is -4.06. The standard InChI is InChI=1S/C25H21ClN2O4S/c1-32-23-11-13-24(14-12-23)33(30,31)28(22-8-4-7-20(26)16-22)17-25(29)27-21-10-9-18-5-2-3-6-19(18)15-21/h2-16H,17H2,1H3,(H,27,29). The van der Waals surface area contributed by atoms with Gasteiger partial charge in [-0.15, -0.1) is 0 Å². The number of sulfonamides is 1. The van der Waals surface area contributed by atoms with Crippen molar-refractivity contribution in [2.75, 3.05) is 23.3 Å². The van der Waals surface area contributed by atoms with Gasteiger partial charge in [0.1, 0.15) is 12.3 Å². The van der Waals surface area contributed by atoms with Crippen LogP contribution >= 0.6 is 11.6 Å². The molecule has 0 unspecified atom stereocenters. The number of amides is 1. The first-order chi connectivity index (χ1) is 15.9. The van der Waals surface area contributed by atoms with Crippen LogP contribution < -0.4 is 14.4 Å². The Kier molecular flexibility index (Phi) is 6.53. The van der Waals surface area contributed by atoms with E-state index in [0.717, 1.165) is 15.1 Å². The molecule has 0 aliphatic rings. The lowest BCUT2D eigenvalue weighted by Gasteiger charge is -2.24. The maximum atomic E-state index is 13.5. The number of nitrogens with one attached hydrogen (secondary N) is 1. The molecule has 4 aromatic rings. The number of carbonyl (C=O) groups is 1. The van der Waals surface area contributed by atoms with Gasteiger partial charge in [-0.2, -0.15) is 0 Å². The van der Waals surface area contributed by atoms with Gasteiger partial charge in [-0.05, 0) is 65.4 Å². The quantitative estimate of drug-likeness (QED) is 0.387. The van der Waals surface area contributed by atoms with Crippen LogP contribution in [0.25, 0.3) is 10.8 Å².